The molecule has 0 radical (unpaired) electrons. The summed E-state index contributed by atoms with van der Waals surface area (Å²) in [7, 11) is 0. The minimum Gasteiger partial charge on any atom is -0.492 e. The van der Waals surface area contributed by atoms with Crippen LogP contribution < -0.4 is 10.1 Å². The number of nitrogens with one attached hydrogen (secondary N) is 1. The average molecular weight is 303 g/mol. The summed E-state index contributed by atoms with van der Waals surface area (Å²) < 4.78 is 5.67. The van der Waals surface area contributed by atoms with E-state index in [1.165, 1.54) is 16.7 Å². The van der Waals surface area contributed by atoms with Crippen molar-refractivity contribution < 1.29 is 4.74 Å². The molecule has 0 aliphatic carbocycles. The molecule has 0 atom stereocenters. The van der Waals surface area contributed by atoms with Crippen LogP contribution in [0, 0.1) is 0 Å². The summed E-state index contributed by atoms with van der Waals surface area (Å²) in [5.41, 5.74) is 3.79. The lowest BCUT2D eigenvalue weighted by Gasteiger charge is -2.09. The van der Waals surface area contributed by atoms with Crippen molar-refractivity contribution in [3.05, 3.63) is 90.5 Å². The summed E-state index contributed by atoms with van der Waals surface area (Å²) in [5, 5.41) is 3.43. The SMILES string of the molecule is c1ccc(OCCNCc2cccc(-c3ccccc3)c2)cc1. The van der Waals surface area contributed by atoms with E-state index in [4.69, 9.17) is 4.74 Å². The van der Waals surface area contributed by atoms with Gasteiger partial charge in [-0.1, -0.05) is 66.7 Å². The van der Waals surface area contributed by atoms with Crippen molar-refractivity contribution in [1.29, 1.82) is 0 Å². The topological polar surface area (TPSA) is 21.3 Å². The Hall–Kier alpha value is -2.58. The van der Waals surface area contributed by atoms with Crippen LogP contribution in [-0.2, 0) is 6.54 Å². The van der Waals surface area contributed by atoms with Crippen LogP contribution in [0.2, 0.25) is 0 Å². The number of para-hydroxylation sites is 1. The highest BCUT2D eigenvalue weighted by atomic mass is 16.5. The second-order valence-electron chi connectivity index (χ2n) is 5.40. The lowest BCUT2D eigenvalue weighted by Crippen LogP contribution is -2.20. The molecule has 23 heavy (non-hydrogen) atoms. The third kappa shape index (κ3) is 4.70. The van der Waals surface area contributed by atoms with Gasteiger partial charge in [0.1, 0.15) is 12.4 Å². The van der Waals surface area contributed by atoms with Crippen molar-refractivity contribution in [3.8, 4) is 16.9 Å². The van der Waals surface area contributed by atoms with Gasteiger partial charge in [-0.25, -0.2) is 0 Å². The third-order valence-corrected chi connectivity index (χ3v) is 3.65. The highest BCUT2D eigenvalue weighted by Crippen LogP contribution is 2.19. The second kappa shape index (κ2) is 8.16. The molecular weight excluding hydrogens is 282 g/mol. The number of benzene rings is 3. The number of hydrogen-bond acceptors (Lipinski definition) is 2. The fraction of sp³-hybridized carbons (Fsp3) is 0.143. The van der Waals surface area contributed by atoms with E-state index in [9.17, 15) is 0 Å². The van der Waals surface area contributed by atoms with Crippen molar-refractivity contribution in [2.75, 3.05) is 13.2 Å². The minimum atomic E-state index is 0.669. The molecule has 3 rings (SSSR count). The Balaban J connectivity index is 1.47. The zero-order chi connectivity index (χ0) is 15.7. The molecule has 0 aliphatic heterocycles. The summed E-state index contributed by atoms with van der Waals surface area (Å²) in [5.74, 6) is 0.917. The van der Waals surface area contributed by atoms with Crippen LogP contribution in [0.1, 0.15) is 5.56 Å². The molecule has 0 saturated heterocycles. The summed E-state index contributed by atoms with van der Waals surface area (Å²) in [6.07, 6.45) is 0. The molecule has 0 heterocycles. The van der Waals surface area contributed by atoms with E-state index in [-0.39, 0.29) is 0 Å². The molecule has 0 fully saturated rings. The standard InChI is InChI=1S/C21H21NO/c1-3-9-19(10-4-1)20-11-7-8-18(16-20)17-22-14-15-23-21-12-5-2-6-13-21/h1-13,16,22H,14-15,17H2. The summed E-state index contributed by atoms with van der Waals surface area (Å²) >= 11 is 0. The van der Waals surface area contributed by atoms with E-state index in [1.807, 2.05) is 36.4 Å². The van der Waals surface area contributed by atoms with Crippen LogP contribution in [0.5, 0.6) is 5.75 Å². The van der Waals surface area contributed by atoms with Gasteiger partial charge in [-0.05, 0) is 34.9 Å². The summed E-state index contributed by atoms with van der Waals surface area (Å²) in [4.78, 5) is 0. The van der Waals surface area contributed by atoms with Crippen LogP contribution in [0.3, 0.4) is 0 Å². The normalized spacial score (nSPS) is 10.4. The first kappa shape index (κ1) is 15.3. The van der Waals surface area contributed by atoms with Crippen LogP contribution in [0.4, 0.5) is 0 Å². The Morgan fingerprint density at radius 3 is 2.17 bits per heavy atom. The van der Waals surface area contributed by atoms with Gasteiger partial charge < -0.3 is 10.1 Å². The van der Waals surface area contributed by atoms with Crippen LogP contribution >= 0.6 is 0 Å². The average Bonchev–Trinajstić information content (AvgIpc) is 2.63. The molecule has 0 aliphatic rings. The molecule has 3 aromatic rings. The monoisotopic (exact) mass is 303 g/mol. The van der Waals surface area contributed by atoms with Gasteiger partial charge in [-0.2, -0.15) is 0 Å². The van der Waals surface area contributed by atoms with Gasteiger partial charge in [0.05, 0.1) is 0 Å². The maximum absolute atomic E-state index is 5.67. The van der Waals surface area contributed by atoms with Crippen molar-refractivity contribution in [1.82, 2.24) is 5.32 Å². The van der Waals surface area contributed by atoms with Crippen molar-refractivity contribution >= 4 is 0 Å². The second-order valence-corrected chi connectivity index (χ2v) is 5.40. The molecule has 0 unspecified atom stereocenters. The number of rotatable bonds is 7. The van der Waals surface area contributed by atoms with Gasteiger partial charge in [-0.3, -0.25) is 0 Å². The van der Waals surface area contributed by atoms with Gasteiger partial charge >= 0.3 is 0 Å². The molecule has 116 valence electrons. The van der Waals surface area contributed by atoms with Crippen molar-refractivity contribution in [2.24, 2.45) is 0 Å². The Labute approximate surface area is 137 Å². The predicted molar refractivity (Wildman–Crippen MR) is 95.5 cm³/mol. The van der Waals surface area contributed by atoms with E-state index in [1.54, 1.807) is 0 Å². The highest BCUT2D eigenvalue weighted by Gasteiger charge is 1.99. The Morgan fingerprint density at radius 2 is 1.39 bits per heavy atom. The quantitative estimate of drug-likeness (QED) is 0.648. The fourth-order valence-corrected chi connectivity index (χ4v) is 2.48. The molecule has 2 nitrogen and oxygen atoms in total. The van der Waals surface area contributed by atoms with E-state index in [0.717, 1.165) is 18.8 Å². The highest BCUT2D eigenvalue weighted by molar-refractivity contribution is 5.63. The van der Waals surface area contributed by atoms with E-state index >= 15 is 0 Å². The molecule has 0 saturated carbocycles. The van der Waals surface area contributed by atoms with Crippen LogP contribution in [0.15, 0.2) is 84.9 Å². The zero-order valence-electron chi connectivity index (χ0n) is 13.1. The lowest BCUT2D eigenvalue weighted by molar-refractivity contribution is 0.313. The smallest absolute Gasteiger partial charge is 0.119 e. The summed E-state index contributed by atoms with van der Waals surface area (Å²) in [6.45, 7) is 2.34. The molecule has 0 aromatic heterocycles. The fourth-order valence-electron chi connectivity index (χ4n) is 2.48. The van der Waals surface area contributed by atoms with Crippen molar-refractivity contribution in [2.45, 2.75) is 6.54 Å². The third-order valence-electron chi connectivity index (χ3n) is 3.65. The van der Waals surface area contributed by atoms with E-state index in [2.05, 4.69) is 53.8 Å². The maximum Gasteiger partial charge on any atom is 0.119 e. The molecular formula is C21H21NO. The van der Waals surface area contributed by atoms with Gasteiger partial charge in [0, 0.05) is 13.1 Å². The van der Waals surface area contributed by atoms with E-state index < -0.39 is 0 Å². The number of ether oxygens (including phenoxy) is 1. The molecule has 3 aromatic carbocycles. The first-order valence-corrected chi connectivity index (χ1v) is 7.95. The summed E-state index contributed by atoms with van der Waals surface area (Å²) in [6, 6.07) is 29.0. The molecule has 0 amide bonds. The lowest BCUT2D eigenvalue weighted by atomic mass is 10.0. The molecule has 2 heteroatoms. The Morgan fingerprint density at radius 1 is 0.696 bits per heavy atom. The van der Waals surface area contributed by atoms with Crippen LogP contribution in [-0.4, -0.2) is 13.2 Å². The predicted octanol–water partition coefficient (Wildman–Crippen LogP) is 4.52. The molecule has 1 N–H and O–H groups in total. The minimum absolute atomic E-state index is 0.669. The first-order chi connectivity index (χ1) is 11.4. The van der Waals surface area contributed by atoms with Crippen molar-refractivity contribution in [3.63, 3.8) is 0 Å². The van der Waals surface area contributed by atoms with E-state index in [0.29, 0.717) is 6.61 Å². The van der Waals surface area contributed by atoms with Gasteiger partial charge in [0.2, 0.25) is 0 Å². The van der Waals surface area contributed by atoms with Crippen LogP contribution in [0.25, 0.3) is 11.1 Å². The molecule has 0 spiro atoms. The Kier molecular flexibility index (Phi) is 5.43. The zero-order valence-corrected chi connectivity index (χ0v) is 13.1. The van der Waals surface area contributed by atoms with Gasteiger partial charge in [0.25, 0.3) is 0 Å². The van der Waals surface area contributed by atoms with Gasteiger partial charge in [-0.15, -0.1) is 0 Å². The maximum atomic E-state index is 5.67. The first-order valence-electron chi connectivity index (χ1n) is 7.95. The molecule has 0 bridgehead atoms. The van der Waals surface area contributed by atoms with Gasteiger partial charge in [0.15, 0.2) is 0 Å². The number of hydrogen-bond donors (Lipinski definition) is 1. The largest absolute Gasteiger partial charge is 0.492 e. The Bertz CT molecular complexity index is 710.